The average Bonchev–Trinajstić information content (AvgIpc) is 3.09. The lowest BCUT2D eigenvalue weighted by Gasteiger charge is -2.39. The molecule has 0 radical (unpaired) electrons. The van der Waals surface area contributed by atoms with Gasteiger partial charge < -0.3 is 35.2 Å². The van der Waals surface area contributed by atoms with Gasteiger partial charge >= 0.3 is 13.1 Å². The molecule has 0 saturated carbocycles. The highest BCUT2D eigenvalue weighted by atomic mass is 16.5. The van der Waals surface area contributed by atoms with Gasteiger partial charge in [-0.25, -0.2) is 4.79 Å². The summed E-state index contributed by atoms with van der Waals surface area (Å²) in [5.74, 6) is -1.69. The number of nitrogens with zero attached hydrogens (tertiary/aromatic N) is 1. The SMILES string of the molecule is O=C(O)c1c(OC2CN(C(=O)C[C@H]3CCCN3)C2)ccc(CCB(O)O)c1O. The first-order valence-electron chi connectivity index (χ1n) is 9.47. The maximum absolute atomic E-state index is 12.2. The van der Waals surface area contributed by atoms with E-state index in [1.165, 1.54) is 12.1 Å². The zero-order valence-electron chi connectivity index (χ0n) is 15.5. The molecule has 152 valence electrons. The van der Waals surface area contributed by atoms with Crippen molar-refractivity contribution < 1.29 is 34.6 Å². The number of carboxylic acids is 1. The molecule has 28 heavy (non-hydrogen) atoms. The van der Waals surface area contributed by atoms with Crippen molar-refractivity contribution in [2.24, 2.45) is 0 Å². The zero-order chi connectivity index (χ0) is 20.3. The number of hydrogen-bond donors (Lipinski definition) is 5. The van der Waals surface area contributed by atoms with E-state index in [-0.39, 0.29) is 42.1 Å². The van der Waals surface area contributed by atoms with E-state index < -0.39 is 18.8 Å². The van der Waals surface area contributed by atoms with Crippen LogP contribution in [0, 0.1) is 0 Å². The van der Waals surface area contributed by atoms with Crippen LogP contribution in [0.4, 0.5) is 0 Å². The van der Waals surface area contributed by atoms with E-state index in [9.17, 15) is 19.8 Å². The third kappa shape index (κ3) is 4.75. The second-order valence-corrected chi connectivity index (χ2v) is 7.31. The van der Waals surface area contributed by atoms with E-state index in [1.807, 2.05) is 0 Å². The van der Waals surface area contributed by atoms with Crippen LogP contribution < -0.4 is 10.1 Å². The van der Waals surface area contributed by atoms with Crippen LogP contribution in [0.25, 0.3) is 0 Å². The number of aromatic carboxylic acids is 1. The number of nitrogens with one attached hydrogen (secondary N) is 1. The Morgan fingerprint density at radius 2 is 2.04 bits per heavy atom. The summed E-state index contributed by atoms with van der Waals surface area (Å²) in [4.78, 5) is 25.5. The highest BCUT2D eigenvalue weighted by Gasteiger charge is 2.34. The fourth-order valence-electron chi connectivity index (χ4n) is 3.57. The lowest BCUT2D eigenvalue weighted by molar-refractivity contribution is -0.140. The quantitative estimate of drug-likeness (QED) is 0.385. The normalized spacial score (nSPS) is 19.4. The molecule has 9 nitrogen and oxygen atoms in total. The first kappa shape index (κ1) is 20.4. The van der Waals surface area contributed by atoms with Gasteiger partial charge in [0.15, 0.2) is 0 Å². The molecule has 2 aliphatic rings. The number of phenols is 1. The third-order valence-corrected chi connectivity index (χ3v) is 5.19. The standard InChI is InChI=1S/C18H25BN2O7/c22-15(8-12-2-1-7-20-12)21-9-13(10-21)28-14-4-3-11(5-6-19(26)27)17(23)16(14)18(24)25/h3-4,12-13,20,23,26-27H,1-2,5-10H2,(H,24,25)/t12-/m1/s1. The van der Waals surface area contributed by atoms with Gasteiger partial charge in [0.25, 0.3) is 0 Å². The van der Waals surface area contributed by atoms with E-state index in [2.05, 4.69) is 5.32 Å². The maximum atomic E-state index is 12.2. The Morgan fingerprint density at radius 3 is 2.64 bits per heavy atom. The molecule has 3 rings (SSSR count). The van der Waals surface area contributed by atoms with Gasteiger partial charge in [0.05, 0.1) is 13.1 Å². The molecule has 1 aromatic carbocycles. The molecule has 0 bridgehead atoms. The van der Waals surface area contributed by atoms with E-state index in [1.54, 1.807) is 4.90 Å². The topological polar surface area (TPSA) is 140 Å². The van der Waals surface area contributed by atoms with Crippen LogP contribution >= 0.6 is 0 Å². The summed E-state index contributed by atoms with van der Waals surface area (Å²) in [6.07, 6.45) is 2.30. The van der Waals surface area contributed by atoms with Crippen molar-refractivity contribution in [3.05, 3.63) is 23.3 Å². The predicted octanol–water partition coefficient (Wildman–Crippen LogP) is -0.163. The number of aryl methyl sites for hydroxylation is 1. The number of amides is 1. The minimum absolute atomic E-state index is 0.0254. The third-order valence-electron chi connectivity index (χ3n) is 5.19. The summed E-state index contributed by atoms with van der Waals surface area (Å²) in [5, 5.41) is 40.9. The molecule has 0 aliphatic carbocycles. The monoisotopic (exact) mass is 392 g/mol. The van der Waals surface area contributed by atoms with Crippen LogP contribution in [0.2, 0.25) is 6.32 Å². The largest absolute Gasteiger partial charge is 0.507 e. The molecule has 2 aliphatic heterocycles. The fourth-order valence-corrected chi connectivity index (χ4v) is 3.57. The van der Waals surface area contributed by atoms with Crippen LogP contribution in [-0.4, -0.2) is 75.9 Å². The van der Waals surface area contributed by atoms with Crippen molar-refractivity contribution in [3.8, 4) is 11.5 Å². The smallest absolute Gasteiger partial charge is 0.451 e. The highest BCUT2D eigenvalue weighted by Crippen LogP contribution is 2.34. The number of rotatable bonds is 8. The number of carbonyl (C=O) groups excluding carboxylic acids is 1. The molecule has 10 heteroatoms. The Labute approximate surface area is 163 Å². The Morgan fingerprint density at radius 1 is 1.29 bits per heavy atom. The first-order valence-corrected chi connectivity index (χ1v) is 9.47. The van der Waals surface area contributed by atoms with E-state index in [0.717, 1.165) is 19.4 Å². The minimum atomic E-state index is -1.54. The van der Waals surface area contributed by atoms with Gasteiger partial charge in [0.2, 0.25) is 5.91 Å². The molecule has 0 aromatic heterocycles. The van der Waals surface area contributed by atoms with Gasteiger partial charge in [-0.3, -0.25) is 4.79 Å². The summed E-state index contributed by atoms with van der Waals surface area (Å²) < 4.78 is 5.71. The van der Waals surface area contributed by atoms with Crippen molar-refractivity contribution >= 4 is 19.0 Å². The number of likely N-dealkylation sites (tertiary alicyclic amines) is 1. The van der Waals surface area contributed by atoms with Gasteiger partial charge in [-0.05, 0) is 43.8 Å². The van der Waals surface area contributed by atoms with Crippen LogP contribution in [-0.2, 0) is 11.2 Å². The second kappa shape index (κ2) is 8.81. The molecule has 1 amide bonds. The maximum Gasteiger partial charge on any atom is 0.451 e. The highest BCUT2D eigenvalue weighted by molar-refractivity contribution is 6.41. The molecule has 2 heterocycles. The Hall–Kier alpha value is -2.30. The van der Waals surface area contributed by atoms with E-state index >= 15 is 0 Å². The summed E-state index contributed by atoms with van der Waals surface area (Å²) >= 11 is 0. The van der Waals surface area contributed by atoms with Gasteiger partial charge in [-0.2, -0.15) is 0 Å². The molecule has 2 fully saturated rings. The molecule has 0 unspecified atom stereocenters. The predicted molar refractivity (Wildman–Crippen MR) is 100 cm³/mol. The van der Waals surface area contributed by atoms with Gasteiger partial charge in [0.1, 0.15) is 23.2 Å². The molecule has 0 spiro atoms. The number of carboxylic acid groups (broad SMARTS) is 1. The molecular formula is C18H25BN2O7. The van der Waals surface area contributed by atoms with Gasteiger partial charge in [-0.1, -0.05) is 6.07 Å². The van der Waals surface area contributed by atoms with Crippen molar-refractivity contribution in [1.29, 1.82) is 0 Å². The number of carbonyl (C=O) groups is 2. The van der Waals surface area contributed by atoms with Gasteiger partial charge in [-0.15, -0.1) is 0 Å². The lowest BCUT2D eigenvalue weighted by atomic mass is 9.82. The van der Waals surface area contributed by atoms with Gasteiger partial charge in [0, 0.05) is 12.5 Å². The van der Waals surface area contributed by atoms with Crippen molar-refractivity contribution in [3.63, 3.8) is 0 Å². The Balaban J connectivity index is 1.59. The number of aromatic hydroxyl groups is 1. The summed E-state index contributed by atoms with van der Waals surface area (Å²) in [6, 6.07) is 3.19. The number of benzene rings is 1. The van der Waals surface area contributed by atoms with Crippen molar-refractivity contribution in [2.75, 3.05) is 19.6 Å². The van der Waals surface area contributed by atoms with Crippen molar-refractivity contribution in [2.45, 2.75) is 44.1 Å². The number of hydrogen-bond acceptors (Lipinski definition) is 7. The molecule has 2 saturated heterocycles. The minimum Gasteiger partial charge on any atom is -0.507 e. The van der Waals surface area contributed by atoms with E-state index in [4.69, 9.17) is 14.8 Å². The Kier molecular flexibility index (Phi) is 6.43. The Bertz CT molecular complexity index is 731. The van der Waals surface area contributed by atoms with Crippen LogP contribution in [0.15, 0.2) is 12.1 Å². The second-order valence-electron chi connectivity index (χ2n) is 7.31. The summed E-state index contributed by atoms with van der Waals surface area (Å²) in [6.45, 7) is 1.70. The van der Waals surface area contributed by atoms with Crippen LogP contribution in [0.5, 0.6) is 11.5 Å². The molecule has 1 aromatic rings. The summed E-state index contributed by atoms with van der Waals surface area (Å²) in [5.41, 5.74) is -0.0582. The summed E-state index contributed by atoms with van der Waals surface area (Å²) in [7, 11) is -1.54. The lowest BCUT2D eigenvalue weighted by Crippen LogP contribution is -2.56. The molecule has 1 atom stereocenters. The molecular weight excluding hydrogens is 367 g/mol. The van der Waals surface area contributed by atoms with Crippen molar-refractivity contribution in [1.82, 2.24) is 10.2 Å². The first-order chi connectivity index (χ1) is 13.3. The fraction of sp³-hybridized carbons (Fsp3) is 0.556. The van der Waals surface area contributed by atoms with E-state index in [0.29, 0.717) is 25.1 Å². The number of ether oxygens (including phenoxy) is 1. The van der Waals surface area contributed by atoms with Crippen LogP contribution in [0.1, 0.15) is 35.2 Å². The average molecular weight is 392 g/mol. The zero-order valence-corrected chi connectivity index (χ0v) is 15.5. The van der Waals surface area contributed by atoms with Crippen LogP contribution in [0.3, 0.4) is 0 Å². The molecule has 5 N–H and O–H groups in total.